The summed E-state index contributed by atoms with van der Waals surface area (Å²) in [7, 11) is 4.48. The predicted molar refractivity (Wildman–Crippen MR) is 59.2 cm³/mol. The molecule has 92 valence electrons. The first-order valence-electron chi connectivity index (χ1n) is 5.16. The maximum Gasteiger partial charge on any atom is 0.338 e. The number of hydrogen-bond donors (Lipinski definition) is 0. The van der Waals surface area contributed by atoms with Crippen LogP contribution in [0.15, 0.2) is 18.2 Å². The van der Waals surface area contributed by atoms with Crippen LogP contribution < -0.4 is 9.47 Å². The van der Waals surface area contributed by atoms with Crippen LogP contribution in [0.1, 0.15) is 11.7 Å². The number of methoxy groups -OCH3 is 3. The largest absolute Gasteiger partial charge is 0.493 e. The van der Waals surface area contributed by atoms with Crippen LogP contribution in [0.2, 0.25) is 0 Å². The van der Waals surface area contributed by atoms with E-state index in [1.807, 2.05) is 6.07 Å². The van der Waals surface area contributed by atoms with Gasteiger partial charge in [0, 0.05) is 0 Å². The molecule has 0 radical (unpaired) electrons. The van der Waals surface area contributed by atoms with Crippen molar-refractivity contribution in [1.29, 1.82) is 0 Å². The number of esters is 1. The molecule has 5 heteroatoms. The second-order valence-corrected chi connectivity index (χ2v) is 3.61. The lowest BCUT2D eigenvalue weighted by Crippen LogP contribution is -2.09. The Hall–Kier alpha value is -1.75. The summed E-state index contributed by atoms with van der Waals surface area (Å²) in [4.78, 5) is 11.2. The maximum absolute atomic E-state index is 11.2. The van der Waals surface area contributed by atoms with Gasteiger partial charge in [-0.1, -0.05) is 6.07 Å². The second-order valence-electron chi connectivity index (χ2n) is 3.61. The van der Waals surface area contributed by atoms with Gasteiger partial charge in [0.05, 0.1) is 21.3 Å². The van der Waals surface area contributed by atoms with Crippen molar-refractivity contribution in [3.05, 3.63) is 23.8 Å². The Balaban J connectivity index is 2.16. The molecule has 1 heterocycles. The number of rotatable bonds is 4. The fourth-order valence-electron chi connectivity index (χ4n) is 1.69. The van der Waals surface area contributed by atoms with Crippen molar-refractivity contribution in [3.8, 4) is 11.5 Å². The highest BCUT2D eigenvalue weighted by molar-refractivity contribution is 5.78. The van der Waals surface area contributed by atoms with Gasteiger partial charge in [0.2, 0.25) is 0 Å². The smallest absolute Gasteiger partial charge is 0.338 e. The third kappa shape index (κ3) is 2.19. The average molecular weight is 238 g/mol. The molecule has 1 aliphatic heterocycles. The Morgan fingerprint density at radius 3 is 2.47 bits per heavy atom. The molecule has 0 unspecified atom stereocenters. The second kappa shape index (κ2) is 4.63. The highest BCUT2D eigenvalue weighted by atomic mass is 16.6. The lowest BCUT2D eigenvalue weighted by atomic mass is 10.1. The molecule has 0 aromatic heterocycles. The molecule has 1 aliphatic rings. The van der Waals surface area contributed by atoms with Crippen LogP contribution in [0, 0.1) is 0 Å². The van der Waals surface area contributed by atoms with E-state index < -0.39 is 6.10 Å². The van der Waals surface area contributed by atoms with Crippen LogP contribution in [0.5, 0.6) is 11.5 Å². The Morgan fingerprint density at radius 2 is 1.88 bits per heavy atom. The summed E-state index contributed by atoms with van der Waals surface area (Å²) in [6.07, 6.45) is -0.750. The highest BCUT2D eigenvalue weighted by Gasteiger charge is 2.47. The maximum atomic E-state index is 11.2. The van der Waals surface area contributed by atoms with Crippen LogP contribution in [0.4, 0.5) is 0 Å². The summed E-state index contributed by atoms with van der Waals surface area (Å²) in [6, 6.07) is 5.42. The van der Waals surface area contributed by atoms with Crippen molar-refractivity contribution in [2.75, 3.05) is 21.3 Å². The van der Waals surface area contributed by atoms with E-state index in [1.165, 1.54) is 7.11 Å². The minimum Gasteiger partial charge on any atom is -0.493 e. The van der Waals surface area contributed by atoms with E-state index in [9.17, 15) is 4.79 Å². The van der Waals surface area contributed by atoms with Crippen LogP contribution in [0.3, 0.4) is 0 Å². The first-order valence-corrected chi connectivity index (χ1v) is 5.16. The van der Waals surface area contributed by atoms with Gasteiger partial charge in [0.15, 0.2) is 17.6 Å². The minimum atomic E-state index is -0.502. The summed E-state index contributed by atoms with van der Waals surface area (Å²) in [6.45, 7) is 0. The minimum absolute atomic E-state index is 0.248. The van der Waals surface area contributed by atoms with Gasteiger partial charge in [0.25, 0.3) is 0 Å². The molecule has 1 aromatic rings. The molecule has 0 amide bonds. The fraction of sp³-hybridized carbons (Fsp3) is 0.417. The van der Waals surface area contributed by atoms with Crippen LogP contribution in [-0.2, 0) is 14.3 Å². The Labute approximate surface area is 99.2 Å². The van der Waals surface area contributed by atoms with Crippen molar-refractivity contribution in [1.82, 2.24) is 0 Å². The fourth-order valence-corrected chi connectivity index (χ4v) is 1.69. The number of benzene rings is 1. The van der Waals surface area contributed by atoms with E-state index in [0.717, 1.165) is 5.56 Å². The summed E-state index contributed by atoms with van der Waals surface area (Å²) in [5.74, 6) is 0.903. The van der Waals surface area contributed by atoms with E-state index in [2.05, 4.69) is 4.74 Å². The standard InChI is InChI=1S/C12H14O5/c1-14-8-5-4-7(6-9(8)15-2)10-11(17-10)12(13)16-3/h4-6,10-11H,1-3H3/t10-,11-/m0/s1. The van der Waals surface area contributed by atoms with Crippen LogP contribution in [-0.4, -0.2) is 33.4 Å². The number of carbonyl (C=O) groups is 1. The summed E-state index contributed by atoms with van der Waals surface area (Å²) >= 11 is 0. The van der Waals surface area contributed by atoms with Gasteiger partial charge in [-0.25, -0.2) is 4.79 Å². The van der Waals surface area contributed by atoms with E-state index in [1.54, 1.807) is 26.4 Å². The monoisotopic (exact) mass is 238 g/mol. The Morgan fingerprint density at radius 1 is 1.18 bits per heavy atom. The summed E-state index contributed by atoms with van der Waals surface area (Å²) < 4.78 is 20.2. The topological polar surface area (TPSA) is 57.3 Å². The normalized spacial score (nSPS) is 21.8. The molecule has 0 spiro atoms. The Bertz CT molecular complexity index is 429. The van der Waals surface area contributed by atoms with Gasteiger partial charge in [-0.15, -0.1) is 0 Å². The highest BCUT2D eigenvalue weighted by Crippen LogP contribution is 2.42. The first kappa shape index (κ1) is 11.7. The molecule has 1 aromatic carbocycles. The molecule has 2 atom stereocenters. The Kier molecular flexibility index (Phi) is 3.19. The molecular weight excluding hydrogens is 224 g/mol. The molecule has 17 heavy (non-hydrogen) atoms. The molecular formula is C12H14O5. The zero-order valence-corrected chi connectivity index (χ0v) is 9.93. The molecule has 0 bridgehead atoms. The lowest BCUT2D eigenvalue weighted by Gasteiger charge is -2.08. The zero-order valence-electron chi connectivity index (χ0n) is 9.93. The summed E-state index contributed by atoms with van der Waals surface area (Å²) in [5, 5.41) is 0. The van der Waals surface area contributed by atoms with Gasteiger partial charge in [0.1, 0.15) is 6.10 Å². The van der Waals surface area contributed by atoms with Gasteiger partial charge in [-0.3, -0.25) is 0 Å². The van der Waals surface area contributed by atoms with Crippen LogP contribution in [0.25, 0.3) is 0 Å². The molecule has 0 N–H and O–H groups in total. The van der Waals surface area contributed by atoms with Gasteiger partial charge >= 0.3 is 5.97 Å². The van der Waals surface area contributed by atoms with Crippen molar-refractivity contribution in [3.63, 3.8) is 0 Å². The van der Waals surface area contributed by atoms with Crippen molar-refractivity contribution in [2.24, 2.45) is 0 Å². The molecule has 2 rings (SSSR count). The molecule has 0 aliphatic carbocycles. The lowest BCUT2D eigenvalue weighted by molar-refractivity contribution is -0.142. The van der Waals surface area contributed by atoms with E-state index >= 15 is 0 Å². The summed E-state index contributed by atoms with van der Waals surface area (Å²) in [5.41, 5.74) is 0.873. The SMILES string of the molecule is COC(=O)[C@H]1O[C@H]1c1ccc(OC)c(OC)c1. The third-order valence-corrected chi connectivity index (χ3v) is 2.66. The number of ether oxygens (including phenoxy) is 4. The molecule has 5 nitrogen and oxygen atoms in total. The number of hydrogen-bond acceptors (Lipinski definition) is 5. The van der Waals surface area contributed by atoms with Crippen LogP contribution >= 0.6 is 0 Å². The molecule has 1 saturated heterocycles. The van der Waals surface area contributed by atoms with Gasteiger partial charge < -0.3 is 18.9 Å². The van der Waals surface area contributed by atoms with E-state index in [-0.39, 0.29) is 12.1 Å². The van der Waals surface area contributed by atoms with Crippen molar-refractivity contribution < 1.29 is 23.7 Å². The third-order valence-electron chi connectivity index (χ3n) is 2.66. The van der Waals surface area contributed by atoms with Crippen molar-refractivity contribution >= 4 is 5.97 Å². The first-order chi connectivity index (χ1) is 8.21. The average Bonchev–Trinajstić information content (AvgIpc) is 3.17. The van der Waals surface area contributed by atoms with E-state index in [4.69, 9.17) is 14.2 Å². The predicted octanol–water partition coefficient (Wildman–Crippen LogP) is 1.32. The zero-order chi connectivity index (χ0) is 12.4. The van der Waals surface area contributed by atoms with E-state index in [0.29, 0.717) is 11.5 Å². The number of epoxide rings is 1. The van der Waals surface area contributed by atoms with Crippen molar-refractivity contribution in [2.45, 2.75) is 12.2 Å². The number of carbonyl (C=O) groups excluding carboxylic acids is 1. The molecule has 1 fully saturated rings. The quantitative estimate of drug-likeness (QED) is 0.585. The van der Waals surface area contributed by atoms with Gasteiger partial charge in [-0.2, -0.15) is 0 Å². The van der Waals surface area contributed by atoms with Gasteiger partial charge in [-0.05, 0) is 17.7 Å². The molecule has 0 saturated carbocycles.